The van der Waals surface area contributed by atoms with Crippen LogP contribution in [0.2, 0.25) is 0 Å². The molecule has 4 saturated carbocycles. The second-order valence-electron chi connectivity index (χ2n) is 7.68. The minimum absolute atomic E-state index is 0.168. The third-order valence-electron chi connectivity index (χ3n) is 5.97. The number of hydrogen-bond donors (Lipinski definition) is 0. The highest BCUT2D eigenvalue weighted by atomic mass is 16.5. The van der Waals surface area contributed by atoms with Crippen molar-refractivity contribution in [1.29, 1.82) is 0 Å². The Morgan fingerprint density at radius 3 is 2.45 bits per heavy atom. The summed E-state index contributed by atoms with van der Waals surface area (Å²) in [4.78, 5) is 12.0. The van der Waals surface area contributed by atoms with E-state index in [0.29, 0.717) is 16.9 Å². The van der Waals surface area contributed by atoms with E-state index in [2.05, 4.69) is 13.5 Å². The molecule has 20 heavy (non-hydrogen) atoms. The average molecular weight is 276 g/mol. The maximum Gasteiger partial charge on any atom is 0.333 e. The maximum absolute atomic E-state index is 12.0. The number of ether oxygens (including phenoxy) is 1. The van der Waals surface area contributed by atoms with Gasteiger partial charge in [-0.15, -0.1) is 0 Å². The largest absolute Gasteiger partial charge is 0.458 e. The molecular formula is C18H28O2. The van der Waals surface area contributed by atoms with Crippen molar-refractivity contribution in [1.82, 2.24) is 0 Å². The van der Waals surface area contributed by atoms with Crippen LogP contribution < -0.4 is 0 Å². The van der Waals surface area contributed by atoms with Gasteiger partial charge in [0, 0.05) is 11.0 Å². The summed E-state index contributed by atoms with van der Waals surface area (Å²) in [5.74, 6) is 2.27. The van der Waals surface area contributed by atoms with Crippen LogP contribution in [0.3, 0.4) is 0 Å². The fourth-order valence-electron chi connectivity index (χ4n) is 5.47. The van der Waals surface area contributed by atoms with E-state index in [9.17, 15) is 4.79 Å². The van der Waals surface area contributed by atoms with Gasteiger partial charge in [0.25, 0.3) is 0 Å². The first-order chi connectivity index (χ1) is 9.54. The summed E-state index contributed by atoms with van der Waals surface area (Å²) in [7, 11) is 0. The fourth-order valence-corrected chi connectivity index (χ4v) is 5.47. The first-order valence-corrected chi connectivity index (χ1v) is 8.40. The Morgan fingerprint density at radius 2 is 1.90 bits per heavy atom. The van der Waals surface area contributed by atoms with Crippen LogP contribution in [0.25, 0.3) is 0 Å². The van der Waals surface area contributed by atoms with E-state index in [-0.39, 0.29) is 12.1 Å². The Bertz CT molecular complexity index is 398. The van der Waals surface area contributed by atoms with Gasteiger partial charge in [-0.2, -0.15) is 0 Å². The van der Waals surface area contributed by atoms with Crippen molar-refractivity contribution in [2.45, 2.75) is 71.3 Å². The second-order valence-corrected chi connectivity index (χ2v) is 7.68. The van der Waals surface area contributed by atoms with Gasteiger partial charge in [-0.05, 0) is 63.2 Å². The molecule has 4 bridgehead atoms. The molecule has 0 aromatic carbocycles. The molecule has 0 heterocycles. The van der Waals surface area contributed by atoms with Gasteiger partial charge >= 0.3 is 5.97 Å². The van der Waals surface area contributed by atoms with Gasteiger partial charge in [0.2, 0.25) is 0 Å². The van der Waals surface area contributed by atoms with Crippen molar-refractivity contribution in [3.8, 4) is 0 Å². The third kappa shape index (κ3) is 2.31. The van der Waals surface area contributed by atoms with Gasteiger partial charge in [0.05, 0.1) is 0 Å². The number of esters is 1. The molecule has 3 atom stereocenters. The fraction of sp³-hybridized carbons (Fsp3) is 0.833. The van der Waals surface area contributed by atoms with E-state index in [0.717, 1.165) is 11.8 Å². The zero-order chi connectivity index (χ0) is 14.3. The van der Waals surface area contributed by atoms with Crippen LogP contribution in [0.1, 0.15) is 65.2 Å². The molecule has 3 unspecified atom stereocenters. The number of rotatable bonds is 5. The monoisotopic (exact) mass is 276 g/mol. The van der Waals surface area contributed by atoms with Crippen molar-refractivity contribution in [3.63, 3.8) is 0 Å². The van der Waals surface area contributed by atoms with Crippen molar-refractivity contribution < 1.29 is 9.53 Å². The number of carbonyl (C=O) groups excluding carboxylic acids is 1. The summed E-state index contributed by atoms with van der Waals surface area (Å²) in [6.07, 6.45) is 10.5. The predicted octanol–water partition coefficient (Wildman–Crippen LogP) is 4.49. The van der Waals surface area contributed by atoms with Crippen molar-refractivity contribution in [3.05, 3.63) is 12.2 Å². The maximum atomic E-state index is 12.0. The van der Waals surface area contributed by atoms with Crippen molar-refractivity contribution in [2.75, 3.05) is 0 Å². The average Bonchev–Trinajstić information content (AvgIpc) is 2.39. The Hall–Kier alpha value is -0.790. The summed E-state index contributed by atoms with van der Waals surface area (Å²) in [5, 5.41) is 0. The molecule has 4 rings (SSSR count). The van der Waals surface area contributed by atoms with E-state index in [1.54, 1.807) is 6.92 Å². The molecule has 4 fully saturated rings. The zero-order valence-electron chi connectivity index (χ0n) is 13.0. The molecule has 4 aliphatic rings. The van der Waals surface area contributed by atoms with Gasteiger partial charge in [0.15, 0.2) is 0 Å². The van der Waals surface area contributed by atoms with Gasteiger partial charge in [-0.1, -0.05) is 26.3 Å². The lowest BCUT2D eigenvalue weighted by molar-refractivity contribution is -0.192. The summed E-state index contributed by atoms with van der Waals surface area (Å²) in [6.45, 7) is 7.77. The zero-order valence-corrected chi connectivity index (χ0v) is 13.0. The van der Waals surface area contributed by atoms with E-state index < -0.39 is 0 Å². The highest BCUT2D eigenvalue weighted by Gasteiger charge is 2.58. The second kappa shape index (κ2) is 5.20. The van der Waals surface area contributed by atoms with Crippen LogP contribution >= 0.6 is 0 Å². The Balaban J connectivity index is 1.81. The summed E-state index contributed by atoms with van der Waals surface area (Å²) >= 11 is 0. The first kappa shape index (κ1) is 14.2. The van der Waals surface area contributed by atoms with Crippen LogP contribution in [0, 0.1) is 23.2 Å². The van der Waals surface area contributed by atoms with Crippen molar-refractivity contribution >= 4 is 5.97 Å². The SMILES string of the molecule is C=C(C)C(=O)OC1C2CC3CC(C2)CC1(CCCC)C3. The van der Waals surface area contributed by atoms with E-state index in [1.165, 1.54) is 51.4 Å². The van der Waals surface area contributed by atoms with Crippen LogP contribution in [-0.2, 0) is 9.53 Å². The molecule has 0 N–H and O–H groups in total. The Morgan fingerprint density at radius 1 is 1.25 bits per heavy atom. The van der Waals surface area contributed by atoms with E-state index in [1.807, 2.05) is 0 Å². The lowest BCUT2D eigenvalue weighted by Gasteiger charge is -2.60. The highest BCUT2D eigenvalue weighted by molar-refractivity contribution is 5.87. The minimum atomic E-state index is -0.168. The molecule has 0 aromatic heterocycles. The number of hydrogen-bond acceptors (Lipinski definition) is 2. The summed E-state index contributed by atoms with van der Waals surface area (Å²) in [5.41, 5.74) is 0.847. The molecule has 0 aromatic rings. The van der Waals surface area contributed by atoms with Crippen LogP contribution in [-0.4, -0.2) is 12.1 Å². The minimum Gasteiger partial charge on any atom is -0.458 e. The predicted molar refractivity (Wildman–Crippen MR) is 80.2 cm³/mol. The van der Waals surface area contributed by atoms with Crippen LogP contribution in [0.5, 0.6) is 0 Å². The van der Waals surface area contributed by atoms with Gasteiger partial charge in [-0.25, -0.2) is 4.79 Å². The van der Waals surface area contributed by atoms with Crippen molar-refractivity contribution in [2.24, 2.45) is 23.2 Å². The third-order valence-corrected chi connectivity index (χ3v) is 5.97. The molecule has 112 valence electrons. The van der Waals surface area contributed by atoms with Crippen LogP contribution in [0.4, 0.5) is 0 Å². The Labute approximate surface area is 123 Å². The molecule has 0 aliphatic heterocycles. The molecule has 2 heteroatoms. The summed E-state index contributed by atoms with van der Waals surface area (Å²) < 4.78 is 5.95. The molecule has 4 aliphatic carbocycles. The molecular weight excluding hydrogens is 248 g/mol. The first-order valence-electron chi connectivity index (χ1n) is 8.40. The van der Waals surface area contributed by atoms with Crippen LogP contribution in [0.15, 0.2) is 12.2 Å². The molecule has 0 amide bonds. The highest BCUT2D eigenvalue weighted by Crippen LogP contribution is 2.62. The Kier molecular flexibility index (Phi) is 3.68. The lowest BCUT2D eigenvalue weighted by atomic mass is 9.47. The topological polar surface area (TPSA) is 26.3 Å². The normalized spacial score (nSPS) is 41.7. The van der Waals surface area contributed by atoms with E-state index in [4.69, 9.17) is 4.74 Å². The van der Waals surface area contributed by atoms with Gasteiger partial charge in [-0.3, -0.25) is 0 Å². The summed E-state index contributed by atoms with van der Waals surface area (Å²) in [6, 6.07) is 0. The smallest absolute Gasteiger partial charge is 0.333 e. The number of carbonyl (C=O) groups is 1. The van der Waals surface area contributed by atoms with Gasteiger partial charge < -0.3 is 4.74 Å². The van der Waals surface area contributed by atoms with E-state index >= 15 is 0 Å². The molecule has 0 saturated heterocycles. The van der Waals surface area contributed by atoms with Gasteiger partial charge in [0.1, 0.15) is 6.10 Å². The standard InChI is InChI=1S/C18H28O2/c1-4-5-6-18-10-13-7-14(11-18)9-15(8-13)16(18)20-17(19)12(2)3/h13-16H,2,4-11H2,1,3H3. The molecule has 0 spiro atoms. The number of unbranched alkanes of at least 4 members (excludes halogenated alkanes) is 1. The quantitative estimate of drug-likeness (QED) is 0.546. The lowest BCUT2D eigenvalue weighted by Crippen LogP contribution is -2.57. The molecule has 0 radical (unpaired) electrons. The molecule has 2 nitrogen and oxygen atoms in total.